The Bertz CT molecular complexity index is 422. The quantitative estimate of drug-likeness (QED) is 0.812. The molecule has 100 valence electrons. The summed E-state index contributed by atoms with van der Waals surface area (Å²) in [5, 5.41) is 3.38. The molecule has 6 heteroatoms. The van der Waals surface area contributed by atoms with Gasteiger partial charge in [0.25, 0.3) is 0 Å². The maximum Gasteiger partial charge on any atom is 0.240 e. The molecule has 0 radical (unpaired) electrons. The molecule has 0 saturated heterocycles. The Hall–Kier alpha value is -0.970. The lowest BCUT2D eigenvalue weighted by Crippen LogP contribution is -2.44. The van der Waals surface area contributed by atoms with Gasteiger partial charge in [0, 0.05) is 5.02 Å². The third kappa shape index (κ3) is 4.05. The van der Waals surface area contributed by atoms with Gasteiger partial charge in [0.2, 0.25) is 5.91 Å². The monoisotopic (exact) mass is 290 g/mol. The van der Waals surface area contributed by atoms with E-state index < -0.39 is 5.54 Å². The molecule has 0 spiro atoms. The summed E-state index contributed by atoms with van der Waals surface area (Å²) in [7, 11) is 0. The van der Waals surface area contributed by atoms with E-state index in [9.17, 15) is 4.79 Å². The van der Waals surface area contributed by atoms with E-state index >= 15 is 0 Å². The highest BCUT2D eigenvalue weighted by Crippen LogP contribution is 2.31. The number of nitrogens with one attached hydrogen (secondary N) is 1. The number of halogens is 2. The normalized spacial score (nSPS) is 15.4. The molecule has 0 aliphatic heterocycles. The van der Waals surface area contributed by atoms with Crippen molar-refractivity contribution in [3.05, 3.63) is 29.3 Å². The lowest BCUT2D eigenvalue weighted by molar-refractivity contribution is -0.123. The van der Waals surface area contributed by atoms with Crippen LogP contribution in [0.15, 0.2) is 24.3 Å². The Morgan fingerprint density at radius 1 is 1.50 bits per heavy atom. The highest BCUT2D eigenvalue weighted by Gasteiger charge is 2.45. The van der Waals surface area contributed by atoms with Crippen LogP contribution < -0.4 is 15.8 Å². The summed E-state index contributed by atoms with van der Waals surface area (Å²) in [6, 6.07) is 7.14. The Kier molecular flexibility index (Phi) is 5.26. The van der Waals surface area contributed by atoms with Gasteiger partial charge in [-0.05, 0) is 31.0 Å². The Balaban J connectivity index is 0.00000162. The van der Waals surface area contributed by atoms with Crippen molar-refractivity contribution in [3.63, 3.8) is 0 Å². The third-order valence-corrected chi connectivity index (χ3v) is 2.93. The van der Waals surface area contributed by atoms with Crippen molar-refractivity contribution in [2.75, 3.05) is 13.2 Å². The molecule has 1 aromatic carbocycles. The van der Waals surface area contributed by atoms with E-state index in [0.717, 1.165) is 12.8 Å². The summed E-state index contributed by atoms with van der Waals surface area (Å²) < 4.78 is 5.43. The topological polar surface area (TPSA) is 64.4 Å². The van der Waals surface area contributed by atoms with E-state index in [2.05, 4.69) is 5.32 Å². The van der Waals surface area contributed by atoms with Crippen LogP contribution in [0.25, 0.3) is 0 Å². The van der Waals surface area contributed by atoms with Crippen LogP contribution in [-0.4, -0.2) is 24.6 Å². The molecular formula is C12H16Cl2N2O2. The van der Waals surface area contributed by atoms with Crippen LogP contribution in [0.3, 0.4) is 0 Å². The molecular weight excluding hydrogens is 275 g/mol. The van der Waals surface area contributed by atoms with Crippen molar-refractivity contribution in [2.24, 2.45) is 5.73 Å². The van der Waals surface area contributed by atoms with Crippen molar-refractivity contribution in [1.82, 2.24) is 5.32 Å². The van der Waals surface area contributed by atoms with E-state index in [1.165, 1.54) is 0 Å². The summed E-state index contributed by atoms with van der Waals surface area (Å²) in [5.41, 5.74) is 5.12. The van der Waals surface area contributed by atoms with Crippen LogP contribution in [-0.2, 0) is 4.79 Å². The lowest BCUT2D eigenvalue weighted by atomic mass is 10.3. The number of nitrogens with two attached hydrogens (primary N) is 1. The molecule has 0 heterocycles. The van der Waals surface area contributed by atoms with Gasteiger partial charge in [0.15, 0.2) is 0 Å². The second kappa shape index (κ2) is 6.27. The summed E-state index contributed by atoms with van der Waals surface area (Å²) >= 11 is 5.81. The van der Waals surface area contributed by atoms with E-state index in [-0.39, 0.29) is 18.3 Å². The predicted octanol–water partition coefficient (Wildman–Crippen LogP) is 1.75. The Morgan fingerprint density at radius 3 is 2.83 bits per heavy atom. The fraction of sp³-hybridized carbons (Fsp3) is 0.417. The van der Waals surface area contributed by atoms with Crippen molar-refractivity contribution in [3.8, 4) is 5.75 Å². The average molecular weight is 291 g/mol. The number of benzene rings is 1. The zero-order chi connectivity index (χ0) is 12.3. The molecule has 0 atom stereocenters. The first kappa shape index (κ1) is 15.1. The highest BCUT2D eigenvalue weighted by molar-refractivity contribution is 6.30. The minimum atomic E-state index is -0.615. The van der Waals surface area contributed by atoms with Gasteiger partial charge in [-0.25, -0.2) is 0 Å². The van der Waals surface area contributed by atoms with E-state index in [0.29, 0.717) is 23.9 Å². The van der Waals surface area contributed by atoms with Gasteiger partial charge in [-0.3, -0.25) is 4.79 Å². The zero-order valence-electron chi connectivity index (χ0n) is 9.82. The number of rotatable bonds is 5. The fourth-order valence-corrected chi connectivity index (χ4v) is 1.61. The van der Waals surface area contributed by atoms with Crippen LogP contribution in [0.4, 0.5) is 0 Å². The molecule has 0 bridgehead atoms. The first-order valence-electron chi connectivity index (χ1n) is 5.56. The third-order valence-electron chi connectivity index (χ3n) is 2.69. The SMILES string of the molecule is Cl.NC1(C(=O)NCCOc2cccc(Cl)c2)CC1. The summed E-state index contributed by atoms with van der Waals surface area (Å²) in [4.78, 5) is 11.5. The summed E-state index contributed by atoms with van der Waals surface area (Å²) in [6.07, 6.45) is 1.54. The van der Waals surface area contributed by atoms with Gasteiger partial charge in [0.1, 0.15) is 12.4 Å². The lowest BCUT2D eigenvalue weighted by Gasteiger charge is -2.10. The Labute approximate surface area is 117 Å². The number of hydrogen-bond donors (Lipinski definition) is 2. The molecule has 0 unspecified atom stereocenters. The van der Waals surface area contributed by atoms with Crippen LogP contribution >= 0.6 is 24.0 Å². The van der Waals surface area contributed by atoms with E-state index in [1.54, 1.807) is 12.1 Å². The number of amides is 1. The van der Waals surface area contributed by atoms with Crippen molar-refractivity contribution < 1.29 is 9.53 Å². The predicted molar refractivity (Wildman–Crippen MR) is 73.4 cm³/mol. The van der Waals surface area contributed by atoms with Gasteiger partial charge in [-0.15, -0.1) is 12.4 Å². The number of carbonyl (C=O) groups is 1. The maximum atomic E-state index is 11.5. The first-order valence-corrected chi connectivity index (χ1v) is 5.93. The molecule has 4 nitrogen and oxygen atoms in total. The van der Waals surface area contributed by atoms with Crippen molar-refractivity contribution in [2.45, 2.75) is 18.4 Å². The zero-order valence-corrected chi connectivity index (χ0v) is 11.4. The maximum absolute atomic E-state index is 11.5. The molecule has 2 rings (SSSR count). The van der Waals surface area contributed by atoms with E-state index in [1.807, 2.05) is 12.1 Å². The molecule has 1 aliphatic carbocycles. The van der Waals surface area contributed by atoms with Crippen LogP contribution in [0, 0.1) is 0 Å². The van der Waals surface area contributed by atoms with E-state index in [4.69, 9.17) is 22.1 Å². The molecule has 0 aromatic heterocycles. The summed E-state index contributed by atoms with van der Waals surface area (Å²) in [6.45, 7) is 0.854. The summed E-state index contributed by atoms with van der Waals surface area (Å²) in [5.74, 6) is 0.604. The minimum absolute atomic E-state index is 0. The second-order valence-electron chi connectivity index (χ2n) is 4.22. The molecule has 1 saturated carbocycles. The van der Waals surface area contributed by atoms with Crippen molar-refractivity contribution >= 4 is 29.9 Å². The van der Waals surface area contributed by atoms with Gasteiger partial charge < -0.3 is 15.8 Å². The smallest absolute Gasteiger partial charge is 0.240 e. The van der Waals surface area contributed by atoms with Crippen molar-refractivity contribution in [1.29, 1.82) is 0 Å². The van der Waals surface area contributed by atoms with Crippen LogP contribution in [0.1, 0.15) is 12.8 Å². The van der Waals surface area contributed by atoms with Crippen LogP contribution in [0.2, 0.25) is 5.02 Å². The second-order valence-corrected chi connectivity index (χ2v) is 4.65. The standard InChI is InChI=1S/C12H15ClN2O2.ClH/c13-9-2-1-3-10(8-9)17-7-6-15-11(16)12(14)4-5-12;/h1-3,8H,4-7,14H2,(H,15,16);1H. The van der Waals surface area contributed by atoms with Gasteiger partial charge >= 0.3 is 0 Å². The fourth-order valence-electron chi connectivity index (χ4n) is 1.43. The molecule has 3 N–H and O–H groups in total. The van der Waals surface area contributed by atoms with Gasteiger partial charge in [-0.2, -0.15) is 0 Å². The first-order chi connectivity index (χ1) is 8.10. The van der Waals surface area contributed by atoms with Gasteiger partial charge in [0.05, 0.1) is 12.1 Å². The van der Waals surface area contributed by atoms with Crippen LogP contribution in [0.5, 0.6) is 5.75 Å². The number of carbonyl (C=O) groups excluding carboxylic acids is 1. The molecule has 1 aromatic rings. The molecule has 1 fully saturated rings. The molecule has 18 heavy (non-hydrogen) atoms. The minimum Gasteiger partial charge on any atom is -0.492 e. The molecule has 1 aliphatic rings. The number of ether oxygens (including phenoxy) is 1. The number of hydrogen-bond acceptors (Lipinski definition) is 3. The average Bonchev–Trinajstić information content (AvgIpc) is 3.04. The van der Waals surface area contributed by atoms with Gasteiger partial charge in [-0.1, -0.05) is 17.7 Å². The highest BCUT2D eigenvalue weighted by atomic mass is 35.5. The Morgan fingerprint density at radius 2 is 2.22 bits per heavy atom. The molecule has 1 amide bonds. The largest absolute Gasteiger partial charge is 0.492 e.